The third-order valence-electron chi connectivity index (χ3n) is 5.42. The molecule has 1 atom stereocenters. The van der Waals surface area contributed by atoms with E-state index in [1.54, 1.807) is 20.8 Å². The number of benzene rings is 1. The molecule has 1 aromatic carbocycles. The fraction of sp³-hybridized carbons (Fsp3) is 0.593. The van der Waals surface area contributed by atoms with Gasteiger partial charge in [-0.2, -0.15) is 0 Å². The highest BCUT2D eigenvalue weighted by Crippen LogP contribution is 2.21. The van der Waals surface area contributed by atoms with E-state index >= 15 is 0 Å². The Morgan fingerprint density at radius 3 is 1.92 bits per heavy atom. The molecule has 0 aromatic heterocycles. The van der Waals surface area contributed by atoms with Gasteiger partial charge in [-0.3, -0.25) is 24.0 Å². The summed E-state index contributed by atoms with van der Waals surface area (Å²) in [5, 5.41) is 10.2. The number of nitrogens with one attached hydrogen (secondary N) is 4. The highest BCUT2D eigenvalue weighted by molar-refractivity contribution is 5.94. The summed E-state index contributed by atoms with van der Waals surface area (Å²) in [5.41, 5.74) is 0.374. The van der Waals surface area contributed by atoms with Crippen molar-refractivity contribution in [1.82, 2.24) is 21.3 Å². The summed E-state index contributed by atoms with van der Waals surface area (Å²) in [7, 11) is 0. The van der Waals surface area contributed by atoms with Crippen LogP contribution < -0.4 is 21.3 Å². The molecule has 1 aromatic rings. The first-order valence-corrected chi connectivity index (χ1v) is 12.3. The van der Waals surface area contributed by atoms with Crippen molar-refractivity contribution in [3.05, 3.63) is 35.9 Å². The lowest BCUT2D eigenvalue weighted by molar-refractivity contribution is -0.132. The van der Waals surface area contributed by atoms with E-state index in [9.17, 15) is 24.0 Å². The molecule has 0 bridgehead atoms. The average molecular weight is 503 g/mol. The molecule has 1 rings (SSSR count). The molecule has 9 heteroatoms. The molecule has 0 fully saturated rings. The maximum atomic E-state index is 12.8. The zero-order valence-electron chi connectivity index (χ0n) is 22.5. The Kier molecular flexibility index (Phi) is 12.3. The van der Waals surface area contributed by atoms with E-state index in [-0.39, 0.29) is 43.2 Å². The van der Waals surface area contributed by atoms with Crippen molar-refractivity contribution in [2.75, 3.05) is 19.6 Å². The molecule has 9 nitrogen and oxygen atoms in total. The highest BCUT2D eigenvalue weighted by atomic mass is 16.2. The third kappa shape index (κ3) is 13.6. The summed E-state index contributed by atoms with van der Waals surface area (Å²) in [6, 6.07) is 8.24. The molecule has 4 amide bonds. The average Bonchev–Trinajstić information content (AvgIpc) is 2.78. The van der Waals surface area contributed by atoms with Gasteiger partial charge in [-0.1, -0.05) is 71.9 Å². The van der Waals surface area contributed by atoms with Crippen LogP contribution in [0, 0.1) is 10.8 Å². The lowest BCUT2D eigenvalue weighted by atomic mass is 9.90. The monoisotopic (exact) mass is 502 g/mol. The minimum Gasteiger partial charge on any atom is -0.347 e. The van der Waals surface area contributed by atoms with Gasteiger partial charge in [0.15, 0.2) is 5.78 Å². The standard InChI is InChI=1S/C27H42N4O5/c1-26(2,3)14-10-13-22(33)28-17-23(34)29-18-24(35)31-20(15-19-11-8-7-9-12-19)25(36)30-16-21(32)27(4,5)6/h7-9,11-12,20H,10,13-18H2,1-6H3,(H,28,33)(H,29,34)(H,30,36)(H,31,35)/t20-/m0/s1. The zero-order valence-corrected chi connectivity index (χ0v) is 22.5. The summed E-state index contributed by atoms with van der Waals surface area (Å²) in [4.78, 5) is 61.4. The second kappa shape index (κ2) is 14.4. The number of amides is 4. The SMILES string of the molecule is CC(C)(C)CCCC(=O)NCC(=O)NCC(=O)N[C@@H](Cc1ccccc1)C(=O)NCC(=O)C(C)(C)C. The number of rotatable bonds is 13. The van der Waals surface area contributed by atoms with E-state index in [2.05, 4.69) is 42.0 Å². The molecule has 36 heavy (non-hydrogen) atoms. The molecule has 0 aliphatic heterocycles. The largest absolute Gasteiger partial charge is 0.347 e. The van der Waals surface area contributed by atoms with Crippen molar-refractivity contribution in [3.8, 4) is 0 Å². The van der Waals surface area contributed by atoms with E-state index in [0.717, 1.165) is 18.4 Å². The molecule has 0 aliphatic carbocycles. The quantitative estimate of drug-likeness (QED) is 0.327. The molecule has 0 saturated heterocycles. The Bertz CT molecular complexity index is 901. The number of carbonyl (C=O) groups excluding carboxylic acids is 5. The van der Waals surface area contributed by atoms with Crippen molar-refractivity contribution < 1.29 is 24.0 Å². The summed E-state index contributed by atoms with van der Waals surface area (Å²) in [6.45, 7) is 10.9. The van der Waals surface area contributed by atoms with Crippen molar-refractivity contribution in [3.63, 3.8) is 0 Å². The van der Waals surface area contributed by atoms with Crippen LogP contribution in [-0.4, -0.2) is 55.1 Å². The van der Waals surface area contributed by atoms with Crippen LogP contribution >= 0.6 is 0 Å². The van der Waals surface area contributed by atoms with Crippen LogP contribution in [0.2, 0.25) is 0 Å². The van der Waals surface area contributed by atoms with E-state index in [0.29, 0.717) is 6.42 Å². The van der Waals surface area contributed by atoms with Crippen molar-refractivity contribution >= 4 is 29.4 Å². The topological polar surface area (TPSA) is 133 Å². The van der Waals surface area contributed by atoms with E-state index in [1.165, 1.54) is 0 Å². The van der Waals surface area contributed by atoms with Gasteiger partial charge in [-0.15, -0.1) is 0 Å². The van der Waals surface area contributed by atoms with Crippen molar-refractivity contribution in [1.29, 1.82) is 0 Å². The van der Waals surface area contributed by atoms with Gasteiger partial charge < -0.3 is 21.3 Å². The van der Waals surface area contributed by atoms with Gasteiger partial charge in [-0.05, 0) is 23.8 Å². The fourth-order valence-corrected chi connectivity index (χ4v) is 3.15. The third-order valence-corrected chi connectivity index (χ3v) is 5.42. The summed E-state index contributed by atoms with van der Waals surface area (Å²) < 4.78 is 0. The van der Waals surface area contributed by atoms with Crippen LogP contribution in [0.25, 0.3) is 0 Å². The Morgan fingerprint density at radius 2 is 1.33 bits per heavy atom. The van der Waals surface area contributed by atoms with Crippen LogP contribution in [-0.2, 0) is 30.4 Å². The smallest absolute Gasteiger partial charge is 0.243 e. The van der Waals surface area contributed by atoms with Gasteiger partial charge in [0.05, 0.1) is 19.6 Å². The maximum Gasteiger partial charge on any atom is 0.243 e. The predicted octanol–water partition coefficient (Wildman–Crippen LogP) is 1.89. The molecule has 0 radical (unpaired) electrons. The van der Waals surface area contributed by atoms with E-state index in [1.807, 2.05) is 30.3 Å². The first-order chi connectivity index (χ1) is 16.7. The number of Topliss-reactive ketones (excluding diaryl/α,β-unsaturated/α-hetero) is 1. The van der Waals surface area contributed by atoms with Gasteiger partial charge in [0.25, 0.3) is 0 Å². The second-order valence-corrected chi connectivity index (χ2v) is 11.2. The predicted molar refractivity (Wildman–Crippen MR) is 139 cm³/mol. The molecule has 0 aliphatic rings. The second-order valence-electron chi connectivity index (χ2n) is 11.2. The highest BCUT2D eigenvalue weighted by Gasteiger charge is 2.25. The van der Waals surface area contributed by atoms with Gasteiger partial charge in [0.1, 0.15) is 6.04 Å². The summed E-state index contributed by atoms with van der Waals surface area (Å²) in [5.74, 6) is -1.90. The Labute approximate surface area is 214 Å². The Balaban J connectivity index is 2.56. The van der Waals surface area contributed by atoms with Crippen molar-refractivity contribution in [2.24, 2.45) is 10.8 Å². The zero-order chi connectivity index (χ0) is 27.4. The molecule has 200 valence electrons. The summed E-state index contributed by atoms with van der Waals surface area (Å²) in [6.07, 6.45) is 2.18. The number of carbonyl (C=O) groups is 5. The fourth-order valence-electron chi connectivity index (χ4n) is 3.15. The van der Waals surface area contributed by atoms with Crippen LogP contribution in [0.3, 0.4) is 0 Å². The Hall–Kier alpha value is -3.23. The molecular weight excluding hydrogens is 460 g/mol. The molecular formula is C27H42N4O5. The van der Waals surface area contributed by atoms with E-state index < -0.39 is 29.2 Å². The molecule has 4 N–H and O–H groups in total. The van der Waals surface area contributed by atoms with Crippen LogP contribution in [0.15, 0.2) is 30.3 Å². The number of hydrogen-bond donors (Lipinski definition) is 4. The van der Waals surface area contributed by atoms with Crippen LogP contribution in [0.5, 0.6) is 0 Å². The molecule has 0 heterocycles. The molecule has 0 spiro atoms. The molecule has 0 saturated carbocycles. The minimum atomic E-state index is -0.924. The summed E-state index contributed by atoms with van der Waals surface area (Å²) >= 11 is 0. The lowest BCUT2D eigenvalue weighted by Gasteiger charge is -2.21. The Morgan fingerprint density at radius 1 is 0.750 bits per heavy atom. The van der Waals surface area contributed by atoms with Crippen LogP contribution in [0.4, 0.5) is 0 Å². The minimum absolute atomic E-state index is 0.131. The van der Waals surface area contributed by atoms with Gasteiger partial charge in [-0.25, -0.2) is 0 Å². The maximum absolute atomic E-state index is 12.8. The first-order valence-electron chi connectivity index (χ1n) is 12.3. The normalized spacial score (nSPS) is 12.3. The number of hydrogen-bond acceptors (Lipinski definition) is 5. The van der Waals surface area contributed by atoms with Crippen LogP contribution in [0.1, 0.15) is 66.4 Å². The van der Waals surface area contributed by atoms with Crippen molar-refractivity contribution in [2.45, 2.75) is 73.3 Å². The van der Waals surface area contributed by atoms with Gasteiger partial charge >= 0.3 is 0 Å². The number of ketones is 1. The van der Waals surface area contributed by atoms with Gasteiger partial charge in [0, 0.05) is 18.3 Å². The first kappa shape index (κ1) is 30.8. The molecule has 0 unspecified atom stereocenters. The van der Waals surface area contributed by atoms with E-state index in [4.69, 9.17) is 0 Å². The lowest BCUT2D eigenvalue weighted by Crippen LogP contribution is -2.52. The van der Waals surface area contributed by atoms with Gasteiger partial charge in [0.2, 0.25) is 23.6 Å².